The molecule has 7 heteroatoms. The number of methoxy groups -OCH3 is 2. The summed E-state index contributed by atoms with van der Waals surface area (Å²) in [5.74, 6) is 0.464. The second-order valence-corrected chi connectivity index (χ2v) is 6.83. The molecule has 2 aromatic carbocycles. The van der Waals surface area contributed by atoms with Gasteiger partial charge in [-0.1, -0.05) is 35.1 Å². The molecule has 0 unspecified atom stereocenters. The number of carbonyl (C=O) groups excluding carboxylic acids is 1. The predicted octanol–water partition coefficient (Wildman–Crippen LogP) is 3.96. The molecule has 3 aromatic rings. The molecule has 0 spiro atoms. The number of hydrogen-bond donors (Lipinski definition) is 0. The van der Waals surface area contributed by atoms with Gasteiger partial charge in [0.15, 0.2) is 16.3 Å². The van der Waals surface area contributed by atoms with E-state index in [0.717, 1.165) is 15.8 Å². The van der Waals surface area contributed by atoms with Crippen molar-refractivity contribution in [2.24, 2.45) is 12.0 Å². The van der Waals surface area contributed by atoms with Gasteiger partial charge < -0.3 is 14.0 Å². The maximum absolute atomic E-state index is 12.7. The van der Waals surface area contributed by atoms with E-state index in [1.807, 2.05) is 30.7 Å². The fraction of sp³-hybridized carbons (Fsp3) is 0.222. The molecule has 0 aliphatic heterocycles. The molecule has 0 bridgehead atoms. The van der Waals surface area contributed by atoms with Gasteiger partial charge in [-0.25, -0.2) is 0 Å². The number of aromatic nitrogens is 1. The molecule has 0 fully saturated rings. The van der Waals surface area contributed by atoms with Crippen LogP contribution in [0, 0.1) is 6.92 Å². The Labute approximate surface area is 154 Å². The highest BCUT2D eigenvalue weighted by molar-refractivity contribution is 7.17. The Kier molecular flexibility index (Phi) is 4.83. The third-order valence-electron chi connectivity index (χ3n) is 3.93. The van der Waals surface area contributed by atoms with Gasteiger partial charge in [0.05, 0.1) is 35.0 Å². The summed E-state index contributed by atoms with van der Waals surface area (Å²) in [6, 6.07) is 8.94. The second-order valence-electron chi connectivity index (χ2n) is 5.44. The lowest BCUT2D eigenvalue weighted by molar-refractivity contribution is 0.0994. The molecule has 130 valence electrons. The Balaban J connectivity index is 2.18. The fourth-order valence-electron chi connectivity index (χ4n) is 2.71. The van der Waals surface area contributed by atoms with E-state index in [9.17, 15) is 4.79 Å². The van der Waals surface area contributed by atoms with Gasteiger partial charge in [-0.3, -0.25) is 4.79 Å². The van der Waals surface area contributed by atoms with E-state index >= 15 is 0 Å². The van der Waals surface area contributed by atoms with Crippen LogP contribution < -0.4 is 14.3 Å². The van der Waals surface area contributed by atoms with Crippen LogP contribution >= 0.6 is 22.9 Å². The molecule has 1 amide bonds. The summed E-state index contributed by atoms with van der Waals surface area (Å²) in [5.41, 5.74) is 2.40. The van der Waals surface area contributed by atoms with Crippen LogP contribution in [0.25, 0.3) is 10.2 Å². The molecule has 1 heterocycles. The van der Waals surface area contributed by atoms with Gasteiger partial charge in [-0.15, -0.1) is 0 Å². The first kappa shape index (κ1) is 17.5. The fourth-order valence-corrected chi connectivity index (χ4v) is 4.08. The van der Waals surface area contributed by atoms with Crippen molar-refractivity contribution >= 4 is 39.1 Å². The van der Waals surface area contributed by atoms with Gasteiger partial charge in [0.25, 0.3) is 5.91 Å². The average Bonchev–Trinajstić information content (AvgIpc) is 2.95. The van der Waals surface area contributed by atoms with Gasteiger partial charge >= 0.3 is 0 Å². The number of halogens is 1. The number of benzene rings is 2. The summed E-state index contributed by atoms with van der Waals surface area (Å²) in [4.78, 5) is 17.6. The lowest BCUT2D eigenvalue weighted by Gasteiger charge is -2.09. The molecule has 0 N–H and O–H groups in total. The molecular formula is C18H17ClN2O3S. The second kappa shape index (κ2) is 6.90. The van der Waals surface area contributed by atoms with Crippen molar-refractivity contribution in [1.82, 2.24) is 4.57 Å². The number of ether oxygens (including phenoxy) is 2. The lowest BCUT2D eigenvalue weighted by Crippen LogP contribution is -2.14. The van der Waals surface area contributed by atoms with Crippen molar-refractivity contribution < 1.29 is 14.3 Å². The highest BCUT2D eigenvalue weighted by Gasteiger charge is 2.17. The smallest absolute Gasteiger partial charge is 0.283 e. The average molecular weight is 377 g/mol. The van der Waals surface area contributed by atoms with E-state index in [4.69, 9.17) is 21.1 Å². The van der Waals surface area contributed by atoms with Crippen molar-refractivity contribution in [2.75, 3.05) is 14.2 Å². The van der Waals surface area contributed by atoms with Crippen molar-refractivity contribution in [3.05, 3.63) is 51.3 Å². The highest BCUT2D eigenvalue weighted by Crippen LogP contribution is 2.31. The van der Waals surface area contributed by atoms with Crippen LogP contribution in [0.4, 0.5) is 0 Å². The van der Waals surface area contributed by atoms with E-state index < -0.39 is 5.91 Å². The third kappa shape index (κ3) is 3.03. The molecule has 0 radical (unpaired) electrons. The number of para-hydroxylation sites is 1. The van der Waals surface area contributed by atoms with E-state index in [-0.39, 0.29) is 0 Å². The topological polar surface area (TPSA) is 52.8 Å². The first-order chi connectivity index (χ1) is 12.0. The minimum absolute atomic E-state index is 0.349. The Bertz CT molecular complexity index is 1040. The van der Waals surface area contributed by atoms with Gasteiger partial charge in [0.2, 0.25) is 0 Å². The Morgan fingerprint density at radius 3 is 2.60 bits per heavy atom. The standard InChI is InChI=1S/C18H17ClN2O3S/c1-10-8-9-12(19)16-14(10)21(2)18(25-16)20-17(22)11-6-5-7-13(23-3)15(11)24-4/h5-9H,1-4H3. The summed E-state index contributed by atoms with van der Waals surface area (Å²) in [5, 5.41) is 0.647. The predicted molar refractivity (Wildman–Crippen MR) is 100.0 cm³/mol. The van der Waals surface area contributed by atoms with Crippen molar-refractivity contribution in [3.8, 4) is 11.5 Å². The molecule has 0 aliphatic rings. The highest BCUT2D eigenvalue weighted by atomic mass is 35.5. The number of rotatable bonds is 3. The van der Waals surface area contributed by atoms with Crippen LogP contribution in [0.1, 0.15) is 15.9 Å². The number of thiazole rings is 1. The van der Waals surface area contributed by atoms with E-state index in [0.29, 0.717) is 26.9 Å². The van der Waals surface area contributed by atoms with Gasteiger partial charge in [0, 0.05) is 7.05 Å². The maximum atomic E-state index is 12.7. The minimum atomic E-state index is -0.397. The molecule has 0 saturated carbocycles. The summed E-state index contributed by atoms with van der Waals surface area (Å²) >= 11 is 7.67. The normalized spacial score (nSPS) is 11.8. The van der Waals surface area contributed by atoms with Crippen LogP contribution in [0.5, 0.6) is 11.5 Å². The van der Waals surface area contributed by atoms with E-state index in [1.165, 1.54) is 25.6 Å². The summed E-state index contributed by atoms with van der Waals surface area (Å²) in [6.07, 6.45) is 0. The third-order valence-corrected chi connectivity index (χ3v) is 5.52. The summed E-state index contributed by atoms with van der Waals surface area (Å²) in [7, 11) is 4.90. The van der Waals surface area contributed by atoms with E-state index in [1.54, 1.807) is 18.2 Å². The quantitative estimate of drug-likeness (QED) is 0.695. The monoisotopic (exact) mass is 376 g/mol. The van der Waals surface area contributed by atoms with Crippen LogP contribution in [-0.4, -0.2) is 24.7 Å². The maximum Gasteiger partial charge on any atom is 0.283 e. The first-order valence-corrected chi connectivity index (χ1v) is 8.72. The van der Waals surface area contributed by atoms with Crippen molar-refractivity contribution in [3.63, 3.8) is 0 Å². The molecule has 25 heavy (non-hydrogen) atoms. The van der Waals surface area contributed by atoms with E-state index in [2.05, 4.69) is 4.99 Å². The van der Waals surface area contributed by atoms with Gasteiger partial charge in [-0.2, -0.15) is 4.99 Å². The minimum Gasteiger partial charge on any atom is -0.493 e. The zero-order chi connectivity index (χ0) is 18.1. The molecule has 0 aliphatic carbocycles. The largest absolute Gasteiger partial charge is 0.493 e. The number of hydrogen-bond acceptors (Lipinski definition) is 4. The Hall–Kier alpha value is -2.31. The number of nitrogens with zero attached hydrogens (tertiary/aromatic N) is 2. The number of carbonyl (C=O) groups is 1. The first-order valence-electron chi connectivity index (χ1n) is 7.52. The molecule has 3 rings (SSSR count). The number of aryl methyl sites for hydroxylation is 2. The van der Waals surface area contributed by atoms with Gasteiger partial charge in [0.1, 0.15) is 0 Å². The summed E-state index contributed by atoms with van der Waals surface area (Å²) < 4.78 is 13.4. The SMILES string of the molecule is COc1cccc(C(=O)N=c2sc3c(Cl)ccc(C)c3n2C)c1OC. The van der Waals surface area contributed by atoms with Gasteiger partial charge in [-0.05, 0) is 30.7 Å². The van der Waals surface area contributed by atoms with Crippen LogP contribution in [0.2, 0.25) is 5.02 Å². The molecule has 1 aromatic heterocycles. The lowest BCUT2D eigenvalue weighted by atomic mass is 10.2. The molecule has 0 saturated heterocycles. The number of fused-ring (bicyclic) bond motifs is 1. The van der Waals surface area contributed by atoms with Crippen molar-refractivity contribution in [1.29, 1.82) is 0 Å². The summed E-state index contributed by atoms with van der Waals surface area (Å²) in [6.45, 7) is 2.00. The zero-order valence-electron chi connectivity index (χ0n) is 14.3. The molecule has 0 atom stereocenters. The van der Waals surface area contributed by atoms with Crippen LogP contribution in [-0.2, 0) is 7.05 Å². The molecular weight excluding hydrogens is 360 g/mol. The zero-order valence-corrected chi connectivity index (χ0v) is 15.9. The number of amides is 1. The van der Waals surface area contributed by atoms with Crippen LogP contribution in [0.3, 0.4) is 0 Å². The Morgan fingerprint density at radius 2 is 1.96 bits per heavy atom. The van der Waals surface area contributed by atoms with Crippen LogP contribution in [0.15, 0.2) is 35.3 Å². The van der Waals surface area contributed by atoms with Crippen molar-refractivity contribution in [2.45, 2.75) is 6.92 Å². The Morgan fingerprint density at radius 1 is 1.20 bits per heavy atom. The molecule has 5 nitrogen and oxygen atoms in total.